The quantitative estimate of drug-likeness (QED) is 0.748. The van der Waals surface area contributed by atoms with E-state index in [1.165, 1.54) is 0 Å². The molecule has 0 amide bonds. The number of benzene rings is 2. The predicted molar refractivity (Wildman–Crippen MR) is 115 cm³/mol. The lowest BCUT2D eigenvalue weighted by atomic mass is 9.85. The molecule has 0 bridgehead atoms. The van der Waals surface area contributed by atoms with Gasteiger partial charge in [0.1, 0.15) is 11.5 Å². The van der Waals surface area contributed by atoms with Crippen LogP contribution < -0.4 is 10.1 Å². The second-order valence-electron chi connectivity index (χ2n) is 7.52. The highest BCUT2D eigenvalue weighted by molar-refractivity contribution is 7.80. The van der Waals surface area contributed by atoms with Crippen molar-refractivity contribution >= 4 is 23.1 Å². The first-order valence-corrected chi connectivity index (χ1v) is 10.0. The van der Waals surface area contributed by atoms with E-state index in [1.54, 1.807) is 0 Å². The van der Waals surface area contributed by atoms with Gasteiger partial charge in [0.25, 0.3) is 0 Å². The van der Waals surface area contributed by atoms with Crippen LogP contribution in [0.4, 0.5) is 0 Å². The van der Waals surface area contributed by atoms with E-state index in [-0.39, 0.29) is 11.8 Å². The molecule has 4 rings (SSSR count). The third-order valence-electron chi connectivity index (χ3n) is 5.48. The van der Waals surface area contributed by atoms with Crippen LogP contribution in [0.15, 0.2) is 53.7 Å². The minimum Gasteiger partial charge on any atom is -0.457 e. The fourth-order valence-electron chi connectivity index (χ4n) is 3.86. The Labute approximate surface area is 171 Å². The summed E-state index contributed by atoms with van der Waals surface area (Å²) in [7, 11) is 1.93. The van der Waals surface area contributed by atoms with E-state index in [0.717, 1.165) is 52.3 Å². The van der Waals surface area contributed by atoms with E-state index in [9.17, 15) is 4.79 Å². The number of carbonyl (C=O) groups is 1. The molecule has 0 spiro atoms. The summed E-state index contributed by atoms with van der Waals surface area (Å²) in [6, 6.07) is 13.9. The molecule has 0 saturated heterocycles. The highest BCUT2D eigenvalue weighted by Crippen LogP contribution is 2.37. The molecule has 144 valence electrons. The largest absolute Gasteiger partial charge is 0.457 e. The van der Waals surface area contributed by atoms with Crippen molar-refractivity contribution < 1.29 is 9.53 Å². The van der Waals surface area contributed by atoms with Crippen LogP contribution in [0.3, 0.4) is 0 Å². The van der Waals surface area contributed by atoms with Crippen LogP contribution in [0.1, 0.15) is 42.0 Å². The molecular formula is C23H24N2O2S. The van der Waals surface area contributed by atoms with Crippen LogP contribution in [0.2, 0.25) is 0 Å². The number of nitrogens with one attached hydrogen (secondary N) is 1. The molecule has 1 unspecified atom stereocenters. The van der Waals surface area contributed by atoms with Crippen molar-refractivity contribution in [2.75, 3.05) is 7.05 Å². The Balaban J connectivity index is 1.63. The molecule has 5 heteroatoms. The number of thiocarbonyl (C=S) groups is 1. The van der Waals surface area contributed by atoms with E-state index in [0.29, 0.717) is 11.5 Å². The topological polar surface area (TPSA) is 41.6 Å². The highest BCUT2D eigenvalue weighted by atomic mass is 32.1. The molecule has 0 aromatic heterocycles. The first-order chi connectivity index (χ1) is 13.4. The van der Waals surface area contributed by atoms with Crippen LogP contribution in [-0.2, 0) is 4.79 Å². The summed E-state index contributed by atoms with van der Waals surface area (Å²) in [6.45, 7) is 4.09. The minimum atomic E-state index is -0.193. The van der Waals surface area contributed by atoms with Gasteiger partial charge < -0.3 is 15.0 Å². The van der Waals surface area contributed by atoms with Crippen LogP contribution in [-0.4, -0.2) is 22.8 Å². The number of nitrogens with zero attached hydrogens (tertiary/aromatic N) is 1. The fourth-order valence-corrected chi connectivity index (χ4v) is 4.09. The number of Topliss-reactive ketones (excluding diaryl/α,β-unsaturated/α-hetero) is 1. The molecular weight excluding hydrogens is 368 g/mol. The molecule has 2 aliphatic rings. The molecule has 2 aromatic carbocycles. The van der Waals surface area contributed by atoms with Gasteiger partial charge in [0, 0.05) is 24.7 Å². The smallest absolute Gasteiger partial charge is 0.173 e. The normalized spacial score (nSPS) is 19.4. The van der Waals surface area contributed by atoms with Gasteiger partial charge in [-0.1, -0.05) is 24.3 Å². The van der Waals surface area contributed by atoms with Crippen molar-refractivity contribution in [1.29, 1.82) is 0 Å². The summed E-state index contributed by atoms with van der Waals surface area (Å²) >= 11 is 5.50. The number of allylic oxidation sites excluding steroid dienone is 1. The molecule has 1 aliphatic carbocycles. The van der Waals surface area contributed by atoms with Gasteiger partial charge in [0.15, 0.2) is 10.9 Å². The molecule has 2 aromatic rings. The predicted octanol–water partition coefficient (Wildman–Crippen LogP) is 4.96. The number of rotatable bonds is 3. The van der Waals surface area contributed by atoms with E-state index < -0.39 is 0 Å². The molecule has 1 aliphatic heterocycles. The van der Waals surface area contributed by atoms with Crippen molar-refractivity contribution in [3.63, 3.8) is 0 Å². The number of aryl methyl sites for hydroxylation is 2. The number of carbonyl (C=O) groups excluding carboxylic acids is 1. The van der Waals surface area contributed by atoms with Crippen molar-refractivity contribution in [3.05, 3.63) is 70.4 Å². The molecule has 0 saturated carbocycles. The monoisotopic (exact) mass is 392 g/mol. The summed E-state index contributed by atoms with van der Waals surface area (Å²) in [6.07, 6.45) is 2.38. The Kier molecular flexibility index (Phi) is 4.94. The lowest BCUT2D eigenvalue weighted by Gasteiger charge is -2.39. The Morgan fingerprint density at radius 2 is 1.86 bits per heavy atom. The first kappa shape index (κ1) is 18.7. The van der Waals surface area contributed by atoms with Crippen molar-refractivity contribution in [2.24, 2.45) is 0 Å². The number of hydrogen-bond donors (Lipinski definition) is 1. The zero-order chi connectivity index (χ0) is 19.8. The van der Waals surface area contributed by atoms with Crippen LogP contribution in [0.25, 0.3) is 0 Å². The molecule has 1 heterocycles. The van der Waals surface area contributed by atoms with Gasteiger partial charge in [-0.15, -0.1) is 0 Å². The maximum Gasteiger partial charge on any atom is 0.173 e. The molecule has 0 radical (unpaired) electrons. The summed E-state index contributed by atoms with van der Waals surface area (Å²) in [5.74, 6) is 1.85. The second kappa shape index (κ2) is 7.40. The van der Waals surface area contributed by atoms with Gasteiger partial charge in [-0.2, -0.15) is 0 Å². The first-order valence-electron chi connectivity index (χ1n) is 9.59. The summed E-state index contributed by atoms with van der Waals surface area (Å²) in [4.78, 5) is 14.6. The summed E-state index contributed by atoms with van der Waals surface area (Å²) in [5, 5.41) is 4.00. The maximum absolute atomic E-state index is 12.6. The lowest BCUT2D eigenvalue weighted by molar-refractivity contribution is -0.116. The Hall–Kier alpha value is -2.66. The van der Waals surface area contributed by atoms with Crippen molar-refractivity contribution in [1.82, 2.24) is 10.2 Å². The molecule has 0 fully saturated rings. The minimum absolute atomic E-state index is 0.193. The summed E-state index contributed by atoms with van der Waals surface area (Å²) in [5.41, 5.74) is 5.19. The Bertz CT molecular complexity index is 979. The van der Waals surface area contributed by atoms with Gasteiger partial charge in [-0.3, -0.25) is 4.79 Å². The van der Waals surface area contributed by atoms with Gasteiger partial charge >= 0.3 is 0 Å². The number of ether oxygens (including phenoxy) is 1. The van der Waals surface area contributed by atoms with Crippen LogP contribution >= 0.6 is 12.2 Å². The van der Waals surface area contributed by atoms with Crippen molar-refractivity contribution in [3.8, 4) is 11.5 Å². The third kappa shape index (κ3) is 3.42. The standard InChI is InChI=1S/C23H24N2O2S/c1-14-7-8-15(2)20(13-14)27-17-11-9-16(10-12-17)22-21-18(5-4-6-19(21)26)25(3)23(28)24-22/h7-13,22H,4-6H2,1-3H3,(H,24,28). The van der Waals surface area contributed by atoms with Gasteiger partial charge in [-0.25, -0.2) is 0 Å². The van der Waals surface area contributed by atoms with Gasteiger partial charge in [-0.05, 0) is 73.8 Å². The van der Waals surface area contributed by atoms with E-state index in [4.69, 9.17) is 17.0 Å². The highest BCUT2D eigenvalue weighted by Gasteiger charge is 2.35. The average molecular weight is 393 g/mol. The molecule has 4 nitrogen and oxygen atoms in total. The van der Waals surface area contributed by atoms with Crippen LogP contribution in [0, 0.1) is 13.8 Å². The summed E-state index contributed by atoms with van der Waals surface area (Å²) < 4.78 is 6.06. The third-order valence-corrected chi connectivity index (χ3v) is 5.87. The van der Waals surface area contributed by atoms with Crippen molar-refractivity contribution in [2.45, 2.75) is 39.2 Å². The van der Waals surface area contributed by atoms with Crippen LogP contribution in [0.5, 0.6) is 11.5 Å². The Morgan fingerprint density at radius 1 is 1.11 bits per heavy atom. The molecule has 1 N–H and O–H groups in total. The zero-order valence-corrected chi connectivity index (χ0v) is 17.2. The average Bonchev–Trinajstić information content (AvgIpc) is 2.68. The Morgan fingerprint density at radius 3 is 2.61 bits per heavy atom. The number of ketones is 1. The lowest BCUT2D eigenvalue weighted by Crippen LogP contribution is -2.47. The van der Waals surface area contributed by atoms with E-state index in [1.807, 2.05) is 49.2 Å². The van der Waals surface area contributed by atoms with Gasteiger partial charge in [0.05, 0.1) is 6.04 Å². The zero-order valence-electron chi connectivity index (χ0n) is 16.4. The second-order valence-corrected chi connectivity index (χ2v) is 7.91. The molecule has 28 heavy (non-hydrogen) atoms. The van der Waals surface area contributed by atoms with E-state index in [2.05, 4.69) is 24.4 Å². The SMILES string of the molecule is Cc1ccc(C)c(Oc2ccc(C3NC(=S)N(C)C4=C3C(=O)CCC4)cc2)c1. The maximum atomic E-state index is 12.6. The van der Waals surface area contributed by atoms with E-state index >= 15 is 0 Å². The number of hydrogen-bond acceptors (Lipinski definition) is 3. The van der Waals surface area contributed by atoms with Gasteiger partial charge in [0.2, 0.25) is 0 Å². The molecule has 1 atom stereocenters. The fraction of sp³-hybridized carbons (Fsp3) is 0.304.